The Morgan fingerprint density at radius 1 is 0.723 bits per heavy atom. The molecule has 0 aliphatic rings. The minimum absolute atomic E-state index is 0.0321. The fraction of sp³-hybridized carbons (Fsp3) is 0.361. The normalized spacial score (nSPS) is 12.9. The zero-order chi connectivity index (χ0) is 34.3. The number of aliphatic carboxylic acids is 1. The van der Waals surface area contributed by atoms with Gasteiger partial charge in [-0.25, -0.2) is 9.59 Å². The zero-order valence-electron chi connectivity index (χ0n) is 26.9. The summed E-state index contributed by atoms with van der Waals surface area (Å²) in [5.74, 6) is -3.45. The van der Waals surface area contributed by atoms with Crippen molar-refractivity contribution in [3.63, 3.8) is 0 Å². The van der Waals surface area contributed by atoms with Crippen LogP contribution < -0.4 is 10.6 Å². The molecule has 0 bridgehead atoms. The fourth-order valence-electron chi connectivity index (χ4n) is 4.66. The molecule has 0 saturated heterocycles. The van der Waals surface area contributed by atoms with Crippen LogP contribution in [0.15, 0.2) is 91.0 Å². The summed E-state index contributed by atoms with van der Waals surface area (Å²) in [5.41, 5.74) is -0.661. The lowest BCUT2D eigenvalue weighted by Gasteiger charge is -2.35. The highest BCUT2D eigenvalue weighted by atomic mass is 16.6. The fourth-order valence-corrected chi connectivity index (χ4v) is 4.66. The lowest BCUT2D eigenvalue weighted by molar-refractivity contribution is -0.151. The van der Waals surface area contributed by atoms with Gasteiger partial charge in [0, 0.05) is 19.3 Å². The van der Waals surface area contributed by atoms with Gasteiger partial charge in [0.2, 0.25) is 5.91 Å². The van der Waals surface area contributed by atoms with Gasteiger partial charge in [0.15, 0.2) is 0 Å². The van der Waals surface area contributed by atoms with E-state index in [1.165, 1.54) is 0 Å². The first kappa shape index (κ1) is 36.3. The highest BCUT2D eigenvalue weighted by molar-refractivity contribution is 5.94. The first-order chi connectivity index (χ1) is 22.3. The number of hydrogen-bond acceptors (Lipinski definition) is 8. The molecule has 0 aromatic heterocycles. The molecule has 0 spiro atoms. The lowest BCUT2D eigenvalue weighted by Crippen LogP contribution is -2.63. The number of benzene rings is 3. The molecule has 0 fully saturated rings. The number of rotatable bonds is 16. The summed E-state index contributed by atoms with van der Waals surface area (Å²) in [6, 6.07) is 25.4. The lowest BCUT2D eigenvalue weighted by atomic mass is 9.84. The van der Waals surface area contributed by atoms with Crippen molar-refractivity contribution in [1.82, 2.24) is 10.6 Å². The summed E-state index contributed by atoms with van der Waals surface area (Å²) in [6.07, 6.45) is -2.28. The number of carbonyl (C=O) groups excluding carboxylic acids is 4. The molecule has 0 saturated carbocycles. The van der Waals surface area contributed by atoms with Gasteiger partial charge in [-0.1, -0.05) is 91.0 Å². The van der Waals surface area contributed by atoms with E-state index in [0.717, 1.165) is 5.56 Å². The topological polar surface area (TPSA) is 157 Å². The van der Waals surface area contributed by atoms with E-state index >= 15 is 0 Å². The van der Waals surface area contributed by atoms with E-state index in [1.807, 2.05) is 24.3 Å². The van der Waals surface area contributed by atoms with Crippen LogP contribution in [0.25, 0.3) is 0 Å². The maximum absolute atomic E-state index is 14.2. The molecule has 3 N–H and O–H groups in total. The SMILES string of the molecule is CC(C)(C)OC(=O)N[C@](CCC(=O)O)(Cc1ccccc1)C(=O)N[C@H](CCC(=O)OCc1ccccc1)C(=O)OCc1ccccc1. The van der Waals surface area contributed by atoms with Gasteiger partial charge >= 0.3 is 24.0 Å². The first-order valence-electron chi connectivity index (χ1n) is 15.3. The van der Waals surface area contributed by atoms with Crippen LogP contribution in [0.3, 0.4) is 0 Å². The highest BCUT2D eigenvalue weighted by Gasteiger charge is 2.43. The van der Waals surface area contributed by atoms with Crippen molar-refractivity contribution in [1.29, 1.82) is 0 Å². The molecule has 0 unspecified atom stereocenters. The minimum atomic E-state index is -1.85. The van der Waals surface area contributed by atoms with Gasteiger partial charge in [0.25, 0.3) is 0 Å². The second-order valence-electron chi connectivity index (χ2n) is 12.1. The maximum atomic E-state index is 14.2. The number of carboxylic acid groups (broad SMARTS) is 1. The molecular formula is C36H42N2O9. The molecule has 2 amide bonds. The molecular weight excluding hydrogens is 604 g/mol. The molecule has 2 atom stereocenters. The van der Waals surface area contributed by atoms with Crippen molar-refractivity contribution in [2.24, 2.45) is 0 Å². The van der Waals surface area contributed by atoms with Crippen LogP contribution in [0, 0.1) is 0 Å². The molecule has 47 heavy (non-hydrogen) atoms. The van der Waals surface area contributed by atoms with E-state index in [-0.39, 0.29) is 38.9 Å². The predicted octanol–water partition coefficient (Wildman–Crippen LogP) is 5.11. The van der Waals surface area contributed by atoms with Crippen molar-refractivity contribution < 1.29 is 43.3 Å². The van der Waals surface area contributed by atoms with Crippen molar-refractivity contribution in [2.45, 2.75) is 83.3 Å². The smallest absolute Gasteiger partial charge is 0.408 e. The summed E-state index contributed by atoms with van der Waals surface area (Å²) in [5, 5.41) is 14.8. The van der Waals surface area contributed by atoms with E-state index in [1.54, 1.807) is 87.5 Å². The molecule has 11 nitrogen and oxygen atoms in total. The molecule has 0 aliphatic heterocycles. The zero-order valence-corrected chi connectivity index (χ0v) is 26.9. The van der Waals surface area contributed by atoms with Crippen LogP contribution in [-0.4, -0.2) is 52.2 Å². The van der Waals surface area contributed by atoms with Crippen LogP contribution in [0.4, 0.5) is 4.79 Å². The van der Waals surface area contributed by atoms with Crippen molar-refractivity contribution in [2.75, 3.05) is 0 Å². The number of hydrogen-bond donors (Lipinski definition) is 3. The highest BCUT2D eigenvalue weighted by Crippen LogP contribution is 2.23. The van der Waals surface area contributed by atoms with Crippen LogP contribution in [0.5, 0.6) is 0 Å². The third-order valence-electron chi connectivity index (χ3n) is 6.98. The Labute approximate surface area is 274 Å². The summed E-state index contributed by atoms with van der Waals surface area (Å²) in [6.45, 7) is 4.90. The Morgan fingerprint density at radius 3 is 1.74 bits per heavy atom. The molecule has 0 radical (unpaired) electrons. The number of carboxylic acids is 1. The van der Waals surface area contributed by atoms with E-state index in [0.29, 0.717) is 11.1 Å². The van der Waals surface area contributed by atoms with Gasteiger partial charge in [0.1, 0.15) is 30.4 Å². The van der Waals surface area contributed by atoms with Crippen molar-refractivity contribution in [3.05, 3.63) is 108 Å². The van der Waals surface area contributed by atoms with E-state index in [9.17, 15) is 29.1 Å². The van der Waals surface area contributed by atoms with Crippen molar-refractivity contribution >= 4 is 29.9 Å². The summed E-state index contributed by atoms with van der Waals surface area (Å²) in [7, 11) is 0. The van der Waals surface area contributed by atoms with Gasteiger partial charge in [-0.15, -0.1) is 0 Å². The third-order valence-corrected chi connectivity index (χ3v) is 6.98. The van der Waals surface area contributed by atoms with Crippen LogP contribution in [-0.2, 0) is 53.0 Å². The molecule has 0 aliphatic carbocycles. The number of ether oxygens (including phenoxy) is 3. The van der Waals surface area contributed by atoms with Gasteiger partial charge < -0.3 is 30.0 Å². The Balaban J connectivity index is 1.88. The van der Waals surface area contributed by atoms with Gasteiger partial charge in [-0.2, -0.15) is 0 Å². The summed E-state index contributed by atoms with van der Waals surface area (Å²) < 4.78 is 16.3. The maximum Gasteiger partial charge on any atom is 0.408 e. The van der Waals surface area contributed by atoms with Crippen molar-refractivity contribution in [3.8, 4) is 0 Å². The van der Waals surface area contributed by atoms with Crippen LogP contribution >= 0.6 is 0 Å². The Bertz CT molecular complexity index is 1470. The standard InChI is InChI=1S/C36H42N2O9/c1-35(2,3)47-34(44)38-36(22-21-30(39)40,23-26-13-7-4-8-14-26)33(43)37-29(32(42)46-25-28-17-11-6-12-18-28)19-20-31(41)45-24-27-15-9-5-10-16-27/h4-18,29H,19-25H2,1-3H3,(H,37,43)(H,38,44)(H,39,40)/t29-,36-/m1/s1. The van der Waals surface area contributed by atoms with Crippen LogP contribution in [0.2, 0.25) is 0 Å². The largest absolute Gasteiger partial charge is 0.481 e. The quantitative estimate of drug-likeness (QED) is 0.142. The van der Waals surface area contributed by atoms with E-state index in [2.05, 4.69) is 10.6 Å². The molecule has 250 valence electrons. The molecule has 3 aromatic rings. The molecule has 0 heterocycles. The second kappa shape index (κ2) is 17.5. The average molecular weight is 647 g/mol. The first-order valence-corrected chi connectivity index (χ1v) is 15.3. The summed E-state index contributed by atoms with van der Waals surface area (Å²) >= 11 is 0. The Kier molecular flexibility index (Phi) is 13.5. The molecule has 3 aromatic carbocycles. The van der Waals surface area contributed by atoms with Gasteiger partial charge in [-0.05, 0) is 50.3 Å². The second-order valence-corrected chi connectivity index (χ2v) is 12.1. The van der Waals surface area contributed by atoms with E-state index in [4.69, 9.17) is 14.2 Å². The average Bonchev–Trinajstić information content (AvgIpc) is 3.03. The molecule has 11 heteroatoms. The minimum Gasteiger partial charge on any atom is -0.481 e. The predicted molar refractivity (Wildman–Crippen MR) is 173 cm³/mol. The van der Waals surface area contributed by atoms with E-state index < -0.39 is 53.5 Å². The van der Waals surface area contributed by atoms with Crippen LogP contribution in [0.1, 0.15) is 63.1 Å². The number of nitrogens with one attached hydrogen (secondary N) is 2. The van der Waals surface area contributed by atoms with Gasteiger partial charge in [-0.3, -0.25) is 14.4 Å². The molecule has 3 rings (SSSR count). The number of alkyl carbamates (subject to hydrolysis) is 1. The number of amides is 2. The Morgan fingerprint density at radius 2 is 1.23 bits per heavy atom. The summed E-state index contributed by atoms with van der Waals surface area (Å²) in [4.78, 5) is 65.1. The number of carbonyl (C=O) groups is 5. The Hall–Kier alpha value is -5.19. The third kappa shape index (κ3) is 13.0. The van der Waals surface area contributed by atoms with Gasteiger partial charge in [0.05, 0.1) is 0 Å². The number of esters is 2. The monoisotopic (exact) mass is 646 g/mol.